The van der Waals surface area contributed by atoms with E-state index < -0.39 is 0 Å². The predicted molar refractivity (Wildman–Crippen MR) is 83.0 cm³/mol. The first-order valence-electron chi connectivity index (χ1n) is 6.58. The lowest BCUT2D eigenvalue weighted by Gasteiger charge is -2.21. The molecule has 1 aromatic carbocycles. The molecule has 1 amide bonds. The number of amides is 1. The second-order valence-electron chi connectivity index (χ2n) is 5.10. The lowest BCUT2D eigenvalue weighted by Crippen LogP contribution is -2.37. The molecule has 6 heteroatoms. The van der Waals surface area contributed by atoms with Gasteiger partial charge in [-0.05, 0) is 44.0 Å². The summed E-state index contributed by atoms with van der Waals surface area (Å²) in [6.07, 6.45) is 0.960. The van der Waals surface area contributed by atoms with Gasteiger partial charge in [0.2, 0.25) is 0 Å². The Balaban J connectivity index is 1.92. The molecule has 1 aliphatic heterocycles. The lowest BCUT2D eigenvalue weighted by molar-refractivity contribution is -0.134. The molecule has 1 aromatic rings. The lowest BCUT2D eigenvalue weighted by atomic mass is 10.1. The van der Waals surface area contributed by atoms with Crippen molar-refractivity contribution in [3.63, 3.8) is 0 Å². The summed E-state index contributed by atoms with van der Waals surface area (Å²) < 4.78 is 6.38. The van der Waals surface area contributed by atoms with Gasteiger partial charge in [-0.3, -0.25) is 4.79 Å². The fraction of sp³-hybridized carbons (Fsp3) is 0.500. The Hall–Kier alpha value is -0.780. The summed E-state index contributed by atoms with van der Waals surface area (Å²) in [7, 11) is 0. The predicted octanol–water partition coefficient (Wildman–Crippen LogP) is 2.68. The van der Waals surface area contributed by atoms with Crippen molar-refractivity contribution in [3.05, 3.63) is 27.7 Å². The maximum absolute atomic E-state index is 12.2. The molecular weight excluding hydrogens is 344 g/mol. The third kappa shape index (κ3) is 3.65. The zero-order valence-corrected chi connectivity index (χ0v) is 13.7. The van der Waals surface area contributed by atoms with E-state index in [0.717, 1.165) is 10.9 Å². The molecule has 4 nitrogen and oxygen atoms in total. The maximum atomic E-state index is 12.2. The molecule has 0 aliphatic carbocycles. The number of ether oxygens (including phenoxy) is 1. The highest BCUT2D eigenvalue weighted by Crippen LogP contribution is 2.28. The second-order valence-corrected chi connectivity index (χ2v) is 6.42. The highest BCUT2D eigenvalue weighted by molar-refractivity contribution is 9.10. The number of likely N-dealkylation sites (tertiary alicyclic amines) is 1. The Morgan fingerprint density at radius 1 is 1.60 bits per heavy atom. The average Bonchev–Trinajstić information content (AvgIpc) is 2.79. The van der Waals surface area contributed by atoms with E-state index in [1.165, 1.54) is 0 Å². The van der Waals surface area contributed by atoms with E-state index in [2.05, 4.69) is 15.9 Å². The Bertz CT molecular complexity index is 498. The minimum Gasteiger partial charge on any atom is -0.482 e. The Morgan fingerprint density at radius 3 is 2.95 bits per heavy atom. The van der Waals surface area contributed by atoms with Crippen LogP contribution in [0.25, 0.3) is 0 Å². The second kappa shape index (κ2) is 6.78. The summed E-state index contributed by atoms with van der Waals surface area (Å²) in [5.41, 5.74) is 5.67. The molecule has 2 N–H and O–H groups in total. The van der Waals surface area contributed by atoms with Gasteiger partial charge < -0.3 is 15.4 Å². The molecule has 0 bridgehead atoms. The fourth-order valence-corrected chi connectivity index (χ4v) is 3.20. The Morgan fingerprint density at radius 2 is 2.35 bits per heavy atom. The molecule has 0 spiro atoms. The van der Waals surface area contributed by atoms with E-state index in [1.807, 2.05) is 17.9 Å². The minimum atomic E-state index is -0.0209. The van der Waals surface area contributed by atoms with Crippen LogP contribution in [0.5, 0.6) is 5.75 Å². The molecule has 1 aliphatic rings. The third-order valence-corrected chi connectivity index (χ3v) is 4.35. The average molecular weight is 362 g/mol. The topological polar surface area (TPSA) is 55.6 Å². The van der Waals surface area contributed by atoms with E-state index in [-0.39, 0.29) is 18.6 Å². The quantitative estimate of drug-likeness (QED) is 0.897. The van der Waals surface area contributed by atoms with Crippen LogP contribution in [0.2, 0.25) is 5.02 Å². The molecule has 1 saturated heterocycles. The molecule has 2 unspecified atom stereocenters. The van der Waals surface area contributed by atoms with Crippen LogP contribution in [0, 0.1) is 5.92 Å². The first kappa shape index (κ1) is 15.6. The Labute approximate surface area is 132 Å². The number of carbonyl (C=O) groups is 1. The minimum absolute atomic E-state index is 0.00296. The zero-order chi connectivity index (χ0) is 14.7. The molecule has 1 heterocycles. The summed E-state index contributed by atoms with van der Waals surface area (Å²) >= 11 is 9.38. The van der Waals surface area contributed by atoms with Gasteiger partial charge in [-0.25, -0.2) is 0 Å². The smallest absolute Gasteiger partial charge is 0.260 e. The van der Waals surface area contributed by atoms with Crippen molar-refractivity contribution in [1.82, 2.24) is 4.90 Å². The molecule has 1 fully saturated rings. The van der Waals surface area contributed by atoms with Crippen molar-refractivity contribution >= 4 is 33.4 Å². The number of hydrogen-bond donors (Lipinski definition) is 1. The number of nitrogens with two attached hydrogens (primary N) is 1. The summed E-state index contributed by atoms with van der Waals surface area (Å²) in [5, 5.41) is 0.487. The van der Waals surface area contributed by atoms with Gasteiger partial charge in [-0.15, -0.1) is 0 Å². The number of hydrogen-bond acceptors (Lipinski definition) is 3. The summed E-state index contributed by atoms with van der Waals surface area (Å²) in [6.45, 7) is 3.38. The van der Waals surface area contributed by atoms with Crippen molar-refractivity contribution in [3.8, 4) is 5.75 Å². The molecule has 2 rings (SSSR count). The molecule has 0 radical (unpaired) electrons. The summed E-state index contributed by atoms with van der Waals surface area (Å²) in [6, 6.07) is 5.54. The van der Waals surface area contributed by atoms with Crippen molar-refractivity contribution in [2.75, 3.05) is 19.7 Å². The van der Waals surface area contributed by atoms with Crippen LogP contribution >= 0.6 is 27.5 Å². The van der Waals surface area contributed by atoms with Crippen LogP contribution in [0.4, 0.5) is 0 Å². The highest BCUT2D eigenvalue weighted by atomic mass is 79.9. The number of nitrogens with zero attached hydrogens (tertiary/aromatic N) is 1. The first-order valence-corrected chi connectivity index (χ1v) is 7.75. The van der Waals surface area contributed by atoms with E-state index >= 15 is 0 Å². The van der Waals surface area contributed by atoms with Crippen LogP contribution < -0.4 is 10.5 Å². The van der Waals surface area contributed by atoms with E-state index in [0.29, 0.717) is 29.8 Å². The van der Waals surface area contributed by atoms with Crippen LogP contribution in [0.1, 0.15) is 13.3 Å². The van der Waals surface area contributed by atoms with Gasteiger partial charge in [-0.2, -0.15) is 0 Å². The van der Waals surface area contributed by atoms with Crippen LogP contribution in [-0.2, 0) is 4.79 Å². The van der Waals surface area contributed by atoms with Gasteiger partial charge in [0.25, 0.3) is 5.91 Å². The monoisotopic (exact) mass is 360 g/mol. The van der Waals surface area contributed by atoms with Crippen molar-refractivity contribution in [2.45, 2.75) is 19.4 Å². The van der Waals surface area contributed by atoms with E-state index in [9.17, 15) is 4.79 Å². The van der Waals surface area contributed by atoms with Crippen LogP contribution in [0.3, 0.4) is 0 Å². The Kier molecular flexibility index (Phi) is 5.29. The highest BCUT2D eigenvalue weighted by Gasteiger charge is 2.31. The van der Waals surface area contributed by atoms with Crippen molar-refractivity contribution in [1.29, 1.82) is 0 Å². The molecule has 0 saturated carbocycles. The summed E-state index contributed by atoms with van der Waals surface area (Å²) in [5.74, 6) is 0.892. The number of benzene rings is 1. The number of halogens is 2. The number of rotatable bonds is 4. The fourth-order valence-electron chi connectivity index (χ4n) is 2.48. The maximum Gasteiger partial charge on any atom is 0.260 e. The van der Waals surface area contributed by atoms with Crippen molar-refractivity contribution < 1.29 is 9.53 Å². The first-order chi connectivity index (χ1) is 9.51. The normalized spacial score (nSPS) is 22.1. The zero-order valence-electron chi connectivity index (χ0n) is 11.3. The van der Waals surface area contributed by atoms with Gasteiger partial charge in [0.1, 0.15) is 5.75 Å². The van der Waals surface area contributed by atoms with Gasteiger partial charge >= 0.3 is 0 Å². The van der Waals surface area contributed by atoms with Gasteiger partial charge in [0.15, 0.2) is 6.61 Å². The van der Waals surface area contributed by atoms with E-state index in [1.54, 1.807) is 12.1 Å². The van der Waals surface area contributed by atoms with Crippen molar-refractivity contribution in [2.24, 2.45) is 11.7 Å². The molecular formula is C14H18BrClN2O2. The number of carbonyl (C=O) groups excluding carboxylic acids is 1. The SMILES string of the molecule is CC1CC(CN)CN1C(=O)COc1ccc(Br)cc1Cl. The third-order valence-electron chi connectivity index (χ3n) is 3.56. The largest absolute Gasteiger partial charge is 0.482 e. The standard InChI is InChI=1S/C14H18BrClN2O2/c1-9-4-10(6-17)7-18(9)14(19)8-20-13-3-2-11(15)5-12(13)16/h2-3,5,9-10H,4,6-8,17H2,1H3. The molecule has 2 atom stereocenters. The van der Waals surface area contributed by atoms with Crippen LogP contribution in [-0.4, -0.2) is 36.5 Å². The van der Waals surface area contributed by atoms with Crippen LogP contribution in [0.15, 0.2) is 22.7 Å². The van der Waals surface area contributed by atoms with Gasteiger partial charge in [0, 0.05) is 17.1 Å². The molecule has 20 heavy (non-hydrogen) atoms. The van der Waals surface area contributed by atoms with Gasteiger partial charge in [0.05, 0.1) is 5.02 Å². The van der Waals surface area contributed by atoms with E-state index in [4.69, 9.17) is 22.1 Å². The van der Waals surface area contributed by atoms with Gasteiger partial charge in [-0.1, -0.05) is 27.5 Å². The molecule has 110 valence electrons. The summed E-state index contributed by atoms with van der Waals surface area (Å²) in [4.78, 5) is 14.0. The molecule has 0 aromatic heterocycles.